The van der Waals surface area contributed by atoms with Gasteiger partial charge in [0.2, 0.25) is 11.8 Å². The number of benzene rings is 2. The second kappa shape index (κ2) is 10.0. The van der Waals surface area contributed by atoms with Crippen LogP contribution in [0.1, 0.15) is 31.7 Å². The van der Waals surface area contributed by atoms with Crippen LogP contribution in [0, 0.1) is 0 Å². The number of nitrogens with zero attached hydrogens (tertiary/aromatic N) is 1. The van der Waals surface area contributed by atoms with Crippen molar-refractivity contribution in [3.05, 3.63) is 42.0 Å². The van der Waals surface area contributed by atoms with Crippen molar-refractivity contribution in [2.45, 2.75) is 37.5 Å². The van der Waals surface area contributed by atoms with E-state index in [0.717, 1.165) is 17.7 Å². The number of anilines is 2. The highest BCUT2D eigenvalue weighted by Crippen LogP contribution is 2.30. The zero-order valence-electron chi connectivity index (χ0n) is 18.5. The first-order valence-corrected chi connectivity index (χ1v) is 12.1. The summed E-state index contributed by atoms with van der Waals surface area (Å²) in [4.78, 5) is 26.4. The maximum Gasteiger partial charge on any atom is 0.226 e. The van der Waals surface area contributed by atoms with Crippen molar-refractivity contribution in [1.82, 2.24) is 0 Å². The first kappa shape index (κ1) is 23.6. The average molecular weight is 461 g/mol. The Kier molecular flexibility index (Phi) is 7.40. The number of aryl methyl sites for hydroxylation is 1. The molecule has 172 valence electrons. The molecule has 1 aliphatic heterocycles. The highest BCUT2D eigenvalue weighted by Gasteiger charge is 2.24. The first-order valence-electron chi connectivity index (χ1n) is 10.5. The van der Waals surface area contributed by atoms with Gasteiger partial charge in [-0.3, -0.25) is 9.59 Å². The third-order valence-electron chi connectivity index (χ3n) is 5.37. The molecular weight excluding hydrogens is 432 g/mol. The Balaban J connectivity index is 1.69. The van der Waals surface area contributed by atoms with E-state index in [1.807, 2.05) is 6.92 Å². The number of nitrogens with one attached hydrogen (secondary N) is 1. The van der Waals surface area contributed by atoms with Gasteiger partial charge in [-0.15, -0.1) is 0 Å². The summed E-state index contributed by atoms with van der Waals surface area (Å²) in [6.45, 7) is 2.45. The fraction of sp³-hybridized carbons (Fsp3) is 0.391. The molecule has 3 rings (SSSR count). The van der Waals surface area contributed by atoms with Crippen LogP contribution in [-0.2, 0) is 25.8 Å². The third kappa shape index (κ3) is 5.40. The fourth-order valence-corrected chi connectivity index (χ4v) is 4.95. The predicted octanol–water partition coefficient (Wildman–Crippen LogP) is 3.20. The van der Waals surface area contributed by atoms with Gasteiger partial charge in [-0.25, -0.2) is 8.42 Å². The Morgan fingerprint density at radius 2 is 1.75 bits per heavy atom. The van der Waals surface area contributed by atoms with E-state index in [4.69, 9.17) is 9.47 Å². The monoisotopic (exact) mass is 460 g/mol. The maximum atomic E-state index is 12.8. The number of fused-ring (bicyclic) bond motifs is 1. The van der Waals surface area contributed by atoms with Crippen LogP contribution in [-0.4, -0.2) is 46.7 Å². The van der Waals surface area contributed by atoms with Crippen molar-refractivity contribution in [3.8, 4) is 11.5 Å². The Morgan fingerprint density at radius 1 is 1.06 bits per heavy atom. The minimum atomic E-state index is -3.66. The predicted molar refractivity (Wildman–Crippen MR) is 122 cm³/mol. The van der Waals surface area contributed by atoms with Crippen LogP contribution in [0.5, 0.6) is 11.5 Å². The number of carbonyl (C=O) groups excluding carboxylic acids is 2. The summed E-state index contributed by atoms with van der Waals surface area (Å²) in [5.41, 5.74) is 2.07. The molecule has 2 amide bonds. The first-order chi connectivity index (χ1) is 15.3. The molecule has 0 aromatic heterocycles. The van der Waals surface area contributed by atoms with Crippen LogP contribution >= 0.6 is 0 Å². The van der Waals surface area contributed by atoms with Gasteiger partial charge in [-0.1, -0.05) is 6.92 Å². The molecule has 0 fully saturated rings. The molecule has 0 atom stereocenters. The molecule has 0 radical (unpaired) electrons. The summed E-state index contributed by atoms with van der Waals surface area (Å²) < 4.78 is 36.0. The van der Waals surface area contributed by atoms with Gasteiger partial charge in [0.15, 0.2) is 9.84 Å². The number of ether oxygens (including phenoxy) is 2. The molecule has 0 aliphatic carbocycles. The SMILES string of the molecule is CCC(=O)N1CCCc2cc(S(=O)(=O)CCC(=O)Nc3cc(OC)cc(OC)c3)ccc21. The quantitative estimate of drug-likeness (QED) is 0.649. The molecule has 32 heavy (non-hydrogen) atoms. The summed E-state index contributed by atoms with van der Waals surface area (Å²) in [7, 11) is -0.658. The number of carbonyl (C=O) groups is 2. The second-order valence-electron chi connectivity index (χ2n) is 7.51. The number of rotatable bonds is 8. The van der Waals surface area contributed by atoms with Gasteiger partial charge in [0, 0.05) is 49.0 Å². The molecular formula is C23H28N2O6S. The van der Waals surface area contributed by atoms with Crippen LogP contribution in [0.4, 0.5) is 11.4 Å². The van der Waals surface area contributed by atoms with Crippen molar-refractivity contribution in [2.24, 2.45) is 0 Å². The molecule has 0 bridgehead atoms. The molecule has 1 N–H and O–H groups in total. The van der Waals surface area contributed by atoms with Crippen LogP contribution in [0.25, 0.3) is 0 Å². The van der Waals surface area contributed by atoms with Gasteiger partial charge in [-0.2, -0.15) is 0 Å². The molecule has 0 unspecified atom stereocenters. The van der Waals surface area contributed by atoms with E-state index in [1.165, 1.54) is 20.3 Å². The molecule has 1 aliphatic rings. The van der Waals surface area contributed by atoms with Crippen LogP contribution in [0.15, 0.2) is 41.3 Å². The topological polar surface area (TPSA) is 102 Å². The molecule has 0 saturated carbocycles. The van der Waals surface area contributed by atoms with Crippen molar-refractivity contribution < 1.29 is 27.5 Å². The van der Waals surface area contributed by atoms with E-state index < -0.39 is 15.7 Å². The summed E-state index contributed by atoms with van der Waals surface area (Å²) in [5, 5.41) is 2.68. The summed E-state index contributed by atoms with van der Waals surface area (Å²) >= 11 is 0. The van der Waals surface area contributed by atoms with Crippen molar-refractivity contribution >= 4 is 33.0 Å². The van der Waals surface area contributed by atoms with E-state index in [1.54, 1.807) is 35.2 Å². The molecule has 0 saturated heterocycles. The highest BCUT2D eigenvalue weighted by atomic mass is 32.2. The van der Waals surface area contributed by atoms with E-state index >= 15 is 0 Å². The van der Waals surface area contributed by atoms with Crippen LogP contribution in [0.3, 0.4) is 0 Å². The fourth-order valence-electron chi connectivity index (χ4n) is 3.66. The number of amides is 2. The summed E-state index contributed by atoms with van der Waals surface area (Å²) in [6, 6.07) is 9.76. The average Bonchev–Trinajstić information content (AvgIpc) is 2.81. The number of hydrogen-bond acceptors (Lipinski definition) is 6. The van der Waals surface area contributed by atoms with E-state index in [-0.39, 0.29) is 23.0 Å². The lowest BCUT2D eigenvalue weighted by Gasteiger charge is -2.29. The van der Waals surface area contributed by atoms with Gasteiger partial charge in [0.05, 0.1) is 24.9 Å². The van der Waals surface area contributed by atoms with Gasteiger partial charge in [-0.05, 0) is 36.6 Å². The van der Waals surface area contributed by atoms with Gasteiger partial charge in [0.1, 0.15) is 11.5 Å². The minimum Gasteiger partial charge on any atom is -0.497 e. The maximum absolute atomic E-state index is 12.8. The summed E-state index contributed by atoms with van der Waals surface area (Å²) in [5.74, 6) is 0.291. The molecule has 0 spiro atoms. The van der Waals surface area contributed by atoms with Crippen LogP contribution in [0.2, 0.25) is 0 Å². The molecule has 9 heteroatoms. The van der Waals surface area contributed by atoms with Crippen molar-refractivity contribution in [2.75, 3.05) is 36.7 Å². The van der Waals surface area contributed by atoms with Gasteiger partial charge in [0.25, 0.3) is 0 Å². The van der Waals surface area contributed by atoms with E-state index in [0.29, 0.717) is 36.6 Å². The molecule has 2 aromatic rings. The van der Waals surface area contributed by atoms with E-state index in [2.05, 4.69) is 5.32 Å². The zero-order chi connectivity index (χ0) is 23.3. The normalized spacial score (nSPS) is 13.3. The van der Waals surface area contributed by atoms with E-state index in [9.17, 15) is 18.0 Å². The minimum absolute atomic E-state index is 0.0207. The molecule has 8 nitrogen and oxygen atoms in total. The Hall–Kier alpha value is -3.07. The van der Waals surface area contributed by atoms with Crippen molar-refractivity contribution in [1.29, 1.82) is 0 Å². The lowest BCUT2D eigenvalue weighted by atomic mass is 10.0. The molecule has 2 aromatic carbocycles. The number of methoxy groups -OCH3 is 2. The molecule has 1 heterocycles. The van der Waals surface area contributed by atoms with Crippen LogP contribution < -0.4 is 19.7 Å². The largest absolute Gasteiger partial charge is 0.497 e. The smallest absolute Gasteiger partial charge is 0.226 e. The summed E-state index contributed by atoms with van der Waals surface area (Å²) in [6.07, 6.45) is 1.70. The third-order valence-corrected chi connectivity index (χ3v) is 7.08. The van der Waals surface area contributed by atoms with Gasteiger partial charge < -0.3 is 19.7 Å². The second-order valence-corrected chi connectivity index (χ2v) is 9.62. The van der Waals surface area contributed by atoms with Gasteiger partial charge >= 0.3 is 0 Å². The highest BCUT2D eigenvalue weighted by molar-refractivity contribution is 7.91. The lowest BCUT2D eigenvalue weighted by molar-refractivity contribution is -0.118. The standard InChI is InChI=1S/C23H28N2O6S/c1-4-23(27)25-10-5-6-16-12-20(7-8-21(16)25)32(28,29)11-9-22(26)24-17-13-18(30-2)15-19(14-17)31-3/h7-8,12-15H,4-6,9-11H2,1-3H3,(H,24,26). The Bertz CT molecular complexity index is 1090. The van der Waals surface area contributed by atoms with Crippen molar-refractivity contribution in [3.63, 3.8) is 0 Å². The lowest BCUT2D eigenvalue weighted by Crippen LogP contribution is -2.35. The zero-order valence-corrected chi connectivity index (χ0v) is 19.3. The Labute approximate surface area is 188 Å². The number of hydrogen-bond donors (Lipinski definition) is 1. The number of sulfone groups is 1. The Morgan fingerprint density at radius 3 is 2.38 bits per heavy atom.